The largest absolute Gasteiger partial charge is 0.354 e. The standard InChI is InChI=1S/C15H16N2/c1-4-7-8-9-10-11-12-15(17-6-3)14-16-13-5-2/h4-10,13-14,17H,1-3H2/b8-7-,10-9+,15-14-,16-13?. The average molecular weight is 224 g/mol. The highest BCUT2D eigenvalue weighted by Crippen LogP contribution is 1.87. The van der Waals surface area contributed by atoms with E-state index in [1.165, 1.54) is 0 Å². The molecule has 0 rings (SSSR count). The van der Waals surface area contributed by atoms with Crippen LogP contribution in [-0.4, -0.2) is 6.21 Å². The van der Waals surface area contributed by atoms with Crippen LogP contribution in [0.4, 0.5) is 0 Å². The van der Waals surface area contributed by atoms with Gasteiger partial charge in [0.15, 0.2) is 0 Å². The molecule has 2 nitrogen and oxygen atoms in total. The van der Waals surface area contributed by atoms with Crippen molar-refractivity contribution >= 4 is 6.21 Å². The monoisotopic (exact) mass is 224 g/mol. The number of nitrogens with zero attached hydrogens (tertiary/aromatic N) is 1. The number of hydrogen-bond donors (Lipinski definition) is 1. The Morgan fingerprint density at radius 3 is 2.53 bits per heavy atom. The molecule has 0 aliphatic carbocycles. The van der Waals surface area contributed by atoms with Crippen molar-refractivity contribution < 1.29 is 0 Å². The minimum atomic E-state index is 0.662. The van der Waals surface area contributed by atoms with Gasteiger partial charge in [-0.05, 0) is 18.2 Å². The first-order valence-corrected chi connectivity index (χ1v) is 5.02. The predicted octanol–water partition coefficient (Wildman–Crippen LogP) is 3.12. The van der Waals surface area contributed by atoms with Crippen molar-refractivity contribution in [2.45, 2.75) is 0 Å². The third-order valence-corrected chi connectivity index (χ3v) is 1.40. The number of nitrogens with one attached hydrogen (secondary N) is 1. The molecule has 0 atom stereocenters. The van der Waals surface area contributed by atoms with Crippen LogP contribution in [0.1, 0.15) is 0 Å². The van der Waals surface area contributed by atoms with Crippen LogP contribution in [0.15, 0.2) is 79.3 Å². The highest BCUT2D eigenvalue weighted by molar-refractivity contribution is 5.70. The maximum Gasteiger partial charge on any atom is 0.108 e. The van der Waals surface area contributed by atoms with Crippen LogP contribution in [0.3, 0.4) is 0 Å². The molecule has 0 heterocycles. The molecule has 2 heteroatoms. The molecule has 0 saturated heterocycles. The summed E-state index contributed by atoms with van der Waals surface area (Å²) in [5.74, 6) is 5.75. The van der Waals surface area contributed by atoms with E-state index in [4.69, 9.17) is 0 Å². The second kappa shape index (κ2) is 11.5. The topological polar surface area (TPSA) is 24.4 Å². The van der Waals surface area contributed by atoms with Gasteiger partial charge >= 0.3 is 0 Å². The zero-order valence-electron chi connectivity index (χ0n) is 9.76. The van der Waals surface area contributed by atoms with E-state index in [-0.39, 0.29) is 0 Å². The van der Waals surface area contributed by atoms with Crippen LogP contribution in [0.5, 0.6) is 0 Å². The van der Waals surface area contributed by atoms with E-state index in [1.807, 2.05) is 18.2 Å². The van der Waals surface area contributed by atoms with Gasteiger partial charge in [-0.3, -0.25) is 4.99 Å². The van der Waals surface area contributed by atoms with Crippen molar-refractivity contribution in [3.63, 3.8) is 0 Å². The molecule has 0 amide bonds. The smallest absolute Gasteiger partial charge is 0.108 e. The summed E-state index contributed by atoms with van der Waals surface area (Å²) in [5, 5.41) is 2.88. The highest BCUT2D eigenvalue weighted by atomic mass is 14.9. The maximum atomic E-state index is 3.97. The molecule has 0 spiro atoms. The second-order valence-corrected chi connectivity index (χ2v) is 2.67. The quantitative estimate of drug-likeness (QED) is 0.418. The molecular weight excluding hydrogens is 208 g/mol. The minimum Gasteiger partial charge on any atom is -0.354 e. The second-order valence-electron chi connectivity index (χ2n) is 2.67. The van der Waals surface area contributed by atoms with Crippen LogP contribution in [0, 0.1) is 11.8 Å². The Kier molecular flexibility index (Phi) is 9.83. The summed E-state index contributed by atoms with van der Waals surface area (Å²) in [7, 11) is 0. The molecule has 0 aromatic carbocycles. The Labute approximate surface area is 103 Å². The first-order valence-electron chi connectivity index (χ1n) is 5.02. The first kappa shape index (κ1) is 14.5. The Hall–Kier alpha value is -2.53. The van der Waals surface area contributed by atoms with Crippen molar-refractivity contribution in [1.82, 2.24) is 5.32 Å². The van der Waals surface area contributed by atoms with Gasteiger partial charge in [0.1, 0.15) is 5.70 Å². The van der Waals surface area contributed by atoms with E-state index >= 15 is 0 Å². The summed E-state index contributed by atoms with van der Waals surface area (Å²) in [6, 6.07) is 0. The van der Waals surface area contributed by atoms with Crippen molar-refractivity contribution in [2.75, 3.05) is 0 Å². The van der Waals surface area contributed by atoms with Crippen LogP contribution >= 0.6 is 0 Å². The van der Waals surface area contributed by atoms with E-state index < -0.39 is 0 Å². The fourth-order valence-corrected chi connectivity index (χ4v) is 0.760. The third kappa shape index (κ3) is 9.77. The molecule has 0 aromatic rings. The lowest BCUT2D eigenvalue weighted by atomic mass is 10.4. The lowest BCUT2D eigenvalue weighted by Crippen LogP contribution is -2.00. The Morgan fingerprint density at radius 2 is 1.88 bits per heavy atom. The lowest BCUT2D eigenvalue weighted by molar-refractivity contribution is 1.12. The Bertz CT molecular complexity index is 424. The lowest BCUT2D eigenvalue weighted by Gasteiger charge is -1.94. The first-order chi connectivity index (χ1) is 8.35. The Morgan fingerprint density at radius 1 is 1.06 bits per heavy atom. The summed E-state index contributed by atoms with van der Waals surface area (Å²) in [6.07, 6.45) is 15.3. The molecule has 0 unspecified atom stereocenters. The van der Waals surface area contributed by atoms with Gasteiger partial charge in [-0.15, -0.1) is 0 Å². The zero-order valence-corrected chi connectivity index (χ0v) is 9.76. The molecule has 0 saturated carbocycles. The van der Waals surface area contributed by atoms with E-state index in [2.05, 4.69) is 41.9 Å². The van der Waals surface area contributed by atoms with Gasteiger partial charge in [-0.1, -0.05) is 56.0 Å². The number of hydrogen-bond acceptors (Lipinski definition) is 2. The summed E-state index contributed by atoms with van der Waals surface area (Å²) in [6.45, 7) is 10.7. The predicted molar refractivity (Wildman–Crippen MR) is 76.4 cm³/mol. The van der Waals surface area contributed by atoms with Gasteiger partial charge in [0.25, 0.3) is 0 Å². The molecule has 0 fully saturated rings. The van der Waals surface area contributed by atoms with Gasteiger partial charge in [0.2, 0.25) is 0 Å². The van der Waals surface area contributed by atoms with Gasteiger partial charge < -0.3 is 5.32 Å². The van der Waals surface area contributed by atoms with Crippen molar-refractivity contribution in [3.8, 4) is 11.8 Å². The molecule has 0 aromatic heterocycles. The Balaban J connectivity index is 4.53. The maximum absolute atomic E-state index is 3.97. The fourth-order valence-electron chi connectivity index (χ4n) is 0.760. The molecular formula is C15H16N2. The van der Waals surface area contributed by atoms with Crippen LogP contribution in [-0.2, 0) is 0 Å². The van der Waals surface area contributed by atoms with Crippen molar-refractivity contribution in [1.29, 1.82) is 0 Å². The van der Waals surface area contributed by atoms with E-state index in [0.717, 1.165) is 0 Å². The molecule has 17 heavy (non-hydrogen) atoms. The van der Waals surface area contributed by atoms with Gasteiger partial charge in [-0.2, -0.15) is 0 Å². The van der Waals surface area contributed by atoms with Crippen LogP contribution in [0.2, 0.25) is 0 Å². The van der Waals surface area contributed by atoms with Gasteiger partial charge in [0, 0.05) is 6.21 Å². The molecule has 0 bridgehead atoms. The van der Waals surface area contributed by atoms with Crippen molar-refractivity contribution in [2.24, 2.45) is 4.99 Å². The normalized spacial score (nSPS) is 11.4. The number of allylic oxidation sites excluding steroid dienone is 7. The SMILES string of the molecule is C=CC=N/C=C(/C#C/C=C/C=C\C=C)NC=C. The molecule has 1 N–H and O–H groups in total. The number of rotatable bonds is 6. The highest BCUT2D eigenvalue weighted by Gasteiger charge is 1.83. The minimum absolute atomic E-state index is 0.662. The molecule has 86 valence electrons. The molecule has 0 aliphatic heterocycles. The van der Waals surface area contributed by atoms with Gasteiger partial charge in [0.05, 0.1) is 6.20 Å². The van der Waals surface area contributed by atoms with E-state index in [0.29, 0.717) is 5.70 Å². The third-order valence-electron chi connectivity index (χ3n) is 1.40. The molecule has 0 aliphatic rings. The summed E-state index contributed by atoms with van der Waals surface area (Å²) in [5.41, 5.74) is 0.662. The van der Waals surface area contributed by atoms with E-state index in [9.17, 15) is 0 Å². The molecule has 0 radical (unpaired) electrons. The van der Waals surface area contributed by atoms with Crippen LogP contribution in [0.25, 0.3) is 0 Å². The van der Waals surface area contributed by atoms with E-state index in [1.54, 1.807) is 36.8 Å². The van der Waals surface area contributed by atoms with Crippen molar-refractivity contribution in [3.05, 3.63) is 74.3 Å². The summed E-state index contributed by atoms with van der Waals surface area (Å²) < 4.78 is 0. The zero-order chi connectivity index (χ0) is 12.8. The average Bonchev–Trinajstić information content (AvgIpc) is 2.34. The summed E-state index contributed by atoms with van der Waals surface area (Å²) >= 11 is 0. The van der Waals surface area contributed by atoms with Gasteiger partial charge in [-0.25, -0.2) is 0 Å². The number of aliphatic imine (C=N–C) groups is 1. The fraction of sp³-hybridized carbons (Fsp3) is 0. The van der Waals surface area contributed by atoms with Crippen LogP contribution < -0.4 is 5.32 Å². The summed E-state index contributed by atoms with van der Waals surface area (Å²) in [4.78, 5) is 3.97.